The SMILES string of the molecule is Cc1cc(Br)cc(C)c1Nc1cc(-c2ccncc2)nc(NC(C)C)n1. The average molecular weight is 412 g/mol. The number of benzene rings is 1. The molecule has 0 atom stereocenters. The molecular formula is C20H22BrN5. The highest BCUT2D eigenvalue weighted by Gasteiger charge is 2.11. The molecule has 0 aliphatic heterocycles. The van der Waals surface area contributed by atoms with Crippen molar-refractivity contribution in [3.05, 3.63) is 58.3 Å². The first-order valence-electron chi connectivity index (χ1n) is 8.52. The quantitative estimate of drug-likeness (QED) is 0.581. The largest absolute Gasteiger partial charge is 0.352 e. The lowest BCUT2D eigenvalue weighted by Gasteiger charge is -2.16. The Balaban J connectivity index is 2.03. The van der Waals surface area contributed by atoms with E-state index in [0.29, 0.717) is 5.95 Å². The lowest BCUT2D eigenvalue weighted by atomic mass is 10.1. The Labute approximate surface area is 162 Å². The zero-order valence-electron chi connectivity index (χ0n) is 15.3. The third-order valence-electron chi connectivity index (χ3n) is 3.87. The number of aryl methyl sites for hydroxylation is 2. The summed E-state index contributed by atoms with van der Waals surface area (Å²) in [4.78, 5) is 13.4. The van der Waals surface area contributed by atoms with Gasteiger partial charge in [0.15, 0.2) is 0 Å². The van der Waals surface area contributed by atoms with Crippen molar-refractivity contribution in [3.8, 4) is 11.3 Å². The highest BCUT2D eigenvalue weighted by Crippen LogP contribution is 2.29. The second kappa shape index (κ2) is 7.83. The van der Waals surface area contributed by atoms with Crippen molar-refractivity contribution in [2.24, 2.45) is 0 Å². The maximum Gasteiger partial charge on any atom is 0.225 e. The Morgan fingerprint density at radius 3 is 2.23 bits per heavy atom. The first-order chi connectivity index (χ1) is 12.4. The van der Waals surface area contributed by atoms with Crippen molar-refractivity contribution < 1.29 is 0 Å². The molecule has 0 saturated heterocycles. The molecule has 0 saturated carbocycles. The molecule has 0 unspecified atom stereocenters. The predicted octanol–water partition coefficient (Wildman–Crippen LogP) is 5.48. The topological polar surface area (TPSA) is 62.7 Å². The molecule has 0 aliphatic carbocycles. The molecule has 0 spiro atoms. The van der Waals surface area contributed by atoms with Crippen LogP contribution in [-0.2, 0) is 0 Å². The van der Waals surface area contributed by atoms with E-state index in [1.165, 1.54) is 0 Å². The molecule has 26 heavy (non-hydrogen) atoms. The number of halogens is 1. The number of hydrogen-bond acceptors (Lipinski definition) is 5. The van der Waals surface area contributed by atoms with Crippen molar-refractivity contribution in [1.29, 1.82) is 0 Å². The summed E-state index contributed by atoms with van der Waals surface area (Å²) in [5.74, 6) is 1.35. The van der Waals surface area contributed by atoms with Gasteiger partial charge in [-0.25, -0.2) is 4.98 Å². The number of aromatic nitrogens is 3. The van der Waals surface area contributed by atoms with Gasteiger partial charge in [0.25, 0.3) is 0 Å². The summed E-state index contributed by atoms with van der Waals surface area (Å²) in [5.41, 5.74) is 5.21. The maximum atomic E-state index is 4.65. The summed E-state index contributed by atoms with van der Waals surface area (Å²) < 4.78 is 1.07. The van der Waals surface area contributed by atoms with Crippen LogP contribution in [0.3, 0.4) is 0 Å². The standard InChI is InChI=1S/C20H22BrN5/c1-12(2)23-20-24-17(15-5-7-22-8-6-15)11-18(26-20)25-19-13(3)9-16(21)10-14(19)4/h5-12H,1-4H3,(H2,23,24,25,26). The van der Waals surface area contributed by atoms with Crippen LogP contribution in [-0.4, -0.2) is 21.0 Å². The number of rotatable bonds is 5. The second-order valence-corrected chi connectivity index (χ2v) is 7.45. The molecule has 3 aromatic rings. The summed E-state index contributed by atoms with van der Waals surface area (Å²) >= 11 is 3.54. The number of hydrogen-bond donors (Lipinski definition) is 2. The molecule has 2 heterocycles. The van der Waals surface area contributed by atoms with Gasteiger partial charge in [0.2, 0.25) is 5.95 Å². The van der Waals surface area contributed by atoms with Gasteiger partial charge in [0, 0.05) is 40.2 Å². The Hall–Kier alpha value is -2.47. The first-order valence-corrected chi connectivity index (χ1v) is 9.31. The van der Waals surface area contributed by atoms with E-state index in [0.717, 1.165) is 38.4 Å². The van der Waals surface area contributed by atoms with Gasteiger partial charge in [-0.3, -0.25) is 4.98 Å². The van der Waals surface area contributed by atoms with Crippen LogP contribution >= 0.6 is 15.9 Å². The molecule has 5 nitrogen and oxygen atoms in total. The Morgan fingerprint density at radius 2 is 1.62 bits per heavy atom. The van der Waals surface area contributed by atoms with E-state index in [1.54, 1.807) is 12.4 Å². The molecule has 2 aromatic heterocycles. The fraction of sp³-hybridized carbons (Fsp3) is 0.250. The van der Waals surface area contributed by atoms with E-state index in [-0.39, 0.29) is 6.04 Å². The van der Waals surface area contributed by atoms with E-state index in [1.807, 2.05) is 18.2 Å². The van der Waals surface area contributed by atoms with Gasteiger partial charge in [0.05, 0.1) is 5.69 Å². The first kappa shape index (κ1) is 18.3. The third kappa shape index (κ3) is 4.38. The van der Waals surface area contributed by atoms with E-state index < -0.39 is 0 Å². The summed E-state index contributed by atoms with van der Waals surface area (Å²) in [6.07, 6.45) is 3.53. The van der Waals surface area contributed by atoms with Gasteiger partial charge in [-0.2, -0.15) is 4.98 Å². The number of pyridine rings is 1. The summed E-state index contributed by atoms with van der Waals surface area (Å²) in [5, 5.41) is 6.76. The molecular weight excluding hydrogens is 390 g/mol. The van der Waals surface area contributed by atoms with Gasteiger partial charge in [-0.05, 0) is 63.1 Å². The van der Waals surface area contributed by atoms with Crippen molar-refractivity contribution in [2.75, 3.05) is 10.6 Å². The lowest BCUT2D eigenvalue weighted by Crippen LogP contribution is -2.13. The van der Waals surface area contributed by atoms with Crippen molar-refractivity contribution in [2.45, 2.75) is 33.7 Å². The van der Waals surface area contributed by atoms with Crippen LogP contribution in [0.25, 0.3) is 11.3 Å². The van der Waals surface area contributed by atoms with Gasteiger partial charge >= 0.3 is 0 Å². The van der Waals surface area contributed by atoms with Crippen LogP contribution in [0, 0.1) is 13.8 Å². The molecule has 1 aromatic carbocycles. The van der Waals surface area contributed by atoms with Crippen LogP contribution in [0.4, 0.5) is 17.5 Å². The highest BCUT2D eigenvalue weighted by molar-refractivity contribution is 9.10. The molecule has 6 heteroatoms. The van der Waals surface area contributed by atoms with Crippen molar-refractivity contribution in [1.82, 2.24) is 15.0 Å². The molecule has 3 rings (SSSR count). The summed E-state index contributed by atoms with van der Waals surface area (Å²) in [7, 11) is 0. The normalized spacial score (nSPS) is 10.8. The minimum absolute atomic E-state index is 0.242. The van der Waals surface area contributed by atoms with Crippen LogP contribution in [0.1, 0.15) is 25.0 Å². The average Bonchev–Trinajstić information content (AvgIpc) is 2.58. The van der Waals surface area contributed by atoms with E-state index in [4.69, 9.17) is 0 Å². The summed E-state index contributed by atoms with van der Waals surface area (Å²) in [6, 6.07) is 10.3. The van der Waals surface area contributed by atoms with E-state index >= 15 is 0 Å². The van der Waals surface area contributed by atoms with Gasteiger partial charge in [0.1, 0.15) is 5.82 Å². The molecule has 0 bridgehead atoms. The highest BCUT2D eigenvalue weighted by atomic mass is 79.9. The molecule has 0 radical (unpaired) electrons. The molecule has 2 N–H and O–H groups in total. The summed E-state index contributed by atoms with van der Waals surface area (Å²) in [6.45, 7) is 8.30. The zero-order chi connectivity index (χ0) is 18.7. The smallest absolute Gasteiger partial charge is 0.225 e. The molecule has 0 fully saturated rings. The van der Waals surface area contributed by atoms with Crippen LogP contribution in [0.15, 0.2) is 47.2 Å². The van der Waals surface area contributed by atoms with E-state index in [9.17, 15) is 0 Å². The second-order valence-electron chi connectivity index (χ2n) is 6.54. The van der Waals surface area contributed by atoms with Gasteiger partial charge in [-0.1, -0.05) is 15.9 Å². The molecule has 0 amide bonds. The Morgan fingerprint density at radius 1 is 0.962 bits per heavy atom. The van der Waals surface area contributed by atoms with Gasteiger partial charge in [-0.15, -0.1) is 0 Å². The molecule has 134 valence electrons. The van der Waals surface area contributed by atoms with Crippen molar-refractivity contribution >= 4 is 33.4 Å². The van der Waals surface area contributed by atoms with E-state index in [2.05, 4.69) is 81.3 Å². The minimum Gasteiger partial charge on any atom is -0.352 e. The number of nitrogens with zero attached hydrogens (tertiary/aromatic N) is 3. The lowest BCUT2D eigenvalue weighted by molar-refractivity contribution is 0.876. The van der Waals surface area contributed by atoms with Crippen LogP contribution in [0.2, 0.25) is 0 Å². The fourth-order valence-corrected chi connectivity index (χ4v) is 3.43. The van der Waals surface area contributed by atoms with Crippen LogP contribution < -0.4 is 10.6 Å². The third-order valence-corrected chi connectivity index (χ3v) is 4.33. The Kier molecular flexibility index (Phi) is 5.52. The number of nitrogens with one attached hydrogen (secondary N) is 2. The van der Waals surface area contributed by atoms with Crippen molar-refractivity contribution in [3.63, 3.8) is 0 Å². The fourth-order valence-electron chi connectivity index (χ4n) is 2.74. The predicted molar refractivity (Wildman–Crippen MR) is 111 cm³/mol. The molecule has 0 aliphatic rings. The maximum absolute atomic E-state index is 4.65. The number of anilines is 3. The van der Waals surface area contributed by atoms with Gasteiger partial charge < -0.3 is 10.6 Å². The Bertz CT molecular complexity index is 886. The van der Waals surface area contributed by atoms with Crippen LogP contribution in [0.5, 0.6) is 0 Å². The zero-order valence-corrected chi connectivity index (χ0v) is 16.9. The minimum atomic E-state index is 0.242. The monoisotopic (exact) mass is 411 g/mol.